The predicted molar refractivity (Wildman–Crippen MR) is 84.1 cm³/mol. The quantitative estimate of drug-likeness (QED) is 0.693. The van der Waals surface area contributed by atoms with Gasteiger partial charge in [0.25, 0.3) is 0 Å². The summed E-state index contributed by atoms with van der Waals surface area (Å²) >= 11 is 9.27. The van der Waals surface area contributed by atoms with Gasteiger partial charge in [-0.05, 0) is 46.9 Å². The van der Waals surface area contributed by atoms with Crippen molar-refractivity contribution in [3.63, 3.8) is 0 Å². The summed E-state index contributed by atoms with van der Waals surface area (Å²) in [5.41, 5.74) is 5.03. The fraction of sp³-hybridized carbons (Fsp3) is 0.0625. The molecule has 1 aromatic carbocycles. The van der Waals surface area contributed by atoms with Crippen LogP contribution in [0.2, 0.25) is 5.15 Å². The second-order valence-corrected chi connectivity index (χ2v) is 5.79. The Morgan fingerprint density at radius 1 is 1.16 bits per heavy atom. The molecule has 3 rings (SSSR count). The first-order valence-corrected chi connectivity index (χ1v) is 7.16. The number of benzene rings is 1. The molecule has 94 valence electrons. The summed E-state index contributed by atoms with van der Waals surface area (Å²) in [6.45, 7) is 0. The molecule has 1 nitrogen and oxygen atoms in total. The normalized spacial score (nSPS) is 13.7. The van der Waals surface area contributed by atoms with E-state index in [0.29, 0.717) is 5.15 Å². The zero-order valence-corrected chi connectivity index (χ0v) is 12.4. The van der Waals surface area contributed by atoms with Gasteiger partial charge in [0, 0.05) is 10.7 Å². The van der Waals surface area contributed by atoms with Crippen molar-refractivity contribution in [2.24, 2.45) is 0 Å². The minimum atomic E-state index is 0.523. The van der Waals surface area contributed by atoms with Gasteiger partial charge in [0.1, 0.15) is 5.15 Å². The van der Waals surface area contributed by atoms with Crippen LogP contribution in [0.25, 0.3) is 12.2 Å². The van der Waals surface area contributed by atoms with E-state index in [2.05, 4.69) is 57.3 Å². The van der Waals surface area contributed by atoms with E-state index in [1.54, 1.807) is 12.3 Å². The fourth-order valence-electron chi connectivity index (χ4n) is 2.14. The molecule has 0 radical (unpaired) electrons. The average Bonchev–Trinajstić information content (AvgIpc) is 2.80. The molecule has 0 aliphatic heterocycles. The molecule has 0 saturated heterocycles. The van der Waals surface area contributed by atoms with E-state index < -0.39 is 0 Å². The van der Waals surface area contributed by atoms with Crippen molar-refractivity contribution in [1.29, 1.82) is 0 Å². The van der Waals surface area contributed by atoms with Crippen molar-refractivity contribution in [2.45, 2.75) is 6.42 Å². The highest BCUT2D eigenvalue weighted by atomic mass is 79.9. The molecule has 1 heterocycles. The zero-order valence-electron chi connectivity index (χ0n) is 10.1. The molecule has 1 aliphatic rings. The number of aromatic nitrogens is 1. The number of allylic oxidation sites excluding steroid dienone is 2. The molecule has 0 N–H and O–H groups in total. The van der Waals surface area contributed by atoms with Gasteiger partial charge in [-0.15, -0.1) is 0 Å². The van der Waals surface area contributed by atoms with Crippen molar-refractivity contribution in [1.82, 2.24) is 4.98 Å². The molecule has 3 heteroatoms. The lowest BCUT2D eigenvalue weighted by Gasteiger charge is -1.98. The van der Waals surface area contributed by atoms with E-state index in [1.807, 2.05) is 6.07 Å². The Hall–Kier alpha value is -1.38. The molecular formula is C16H11BrClN. The van der Waals surface area contributed by atoms with E-state index in [0.717, 1.165) is 16.5 Å². The minimum Gasteiger partial charge on any atom is -0.244 e. The number of nitrogens with zero attached hydrogens (tertiary/aromatic N) is 1. The molecular weight excluding hydrogens is 322 g/mol. The molecule has 1 aromatic heterocycles. The van der Waals surface area contributed by atoms with Crippen molar-refractivity contribution < 1.29 is 0 Å². The van der Waals surface area contributed by atoms with E-state index in [9.17, 15) is 0 Å². The summed E-state index contributed by atoms with van der Waals surface area (Å²) in [5.74, 6) is 0. The lowest BCUT2D eigenvalue weighted by atomic mass is 10.1. The van der Waals surface area contributed by atoms with E-state index >= 15 is 0 Å². The second-order valence-electron chi connectivity index (χ2n) is 4.49. The number of halogens is 2. The third-order valence-corrected chi connectivity index (χ3v) is 3.80. The molecule has 2 aromatic rings. The van der Waals surface area contributed by atoms with Gasteiger partial charge in [0.2, 0.25) is 0 Å². The van der Waals surface area contributed by atoms with E-state index in [1.165, 1.54) is 16.7 Å². The smallest absolute Gasteiger partial charge is 0.129 e. The topological polar surface area (TPSA) is 12.9 Å². The lowest BCUT2D eigenvalue weighted by Crippen LogP contribution is -1.82. The maximum Gasteiger partial charge on any atom is 0.129 e. The first kappa shape index (κ1) is 12.6. The van der Waals surface area contributed by atoms with Gasteiger partial charge in [0.05, 0.1) is 0 Å². The summed E-state index contributed by atoms with van der Waals surface area (Å²) in [4.78, 5) is 4.06. The van der Waals surface area contributed by atoms with Crippen LogP contribution in [-0.2, 0) is 6.42 Å². The van der Waals surface area contributed by atoms with Crippen LogP contribution in [0.3, 0.4) is 0 Å². The third kappa shape index (κ3) is 2.96. The van der Waals surface area contributed by atoms with Crippen LogP contribution in [0.15, 0.2) is 52.7 Å². The van der Waals surface area contributed by atoms with Crippen LogP contribution in [0.4, 0.5) is 0 Å². The third-order valence-electron chi connectivity index (χ3n) is 3.08. The monoisotopic (exact) mass is 331 g/mol. The standard InChI is InChI=1S/C16H11BrClN/c17-15-5-4-13-7-12(8-14(13)9-15)2-1-11-3-6-16(18)19-10-11/h1-7,9-10H,8H2/b2-1+. The number of hydrogen-bond acceptors (Lipinski definition) is 1. The minimum absolute atomic E-state index is 0.523. The fourth-order valence-corrected chi connectivity index (χ4v) is 2.66. The highest BCUT2D eigenvalue weighted by molar-refractivity contribution is 9.10. The SMILES string of the molecule is Clc1ccc(/C=C/C2=Cc3ccc(Br)cc3C2)cn1. The maximum absolute atomic E-state index is 5.76. The Labute approximate surface area is 125 Å². The number of fused-ring (bicyclic) bond motifs is 1. The molecule has 19 heavy (non-hydrogen) atoms. The average molecular weight is 333 g/mol. The number of rotatable bonds is 2. The molecule has 0 unspecified atom stereocenters. The summed E-state index contributed by atoms with van der Waals surface area (Å²) in [7, 11) is 0. The summed E-state index contributed by atoms with van der Waals surface area (Å²) in [6, 6.07) is 10.2. The Kier molecular flexibility index (Phi) is 3.54. The largest absolute Gasteiger partial charge is 0.244 e. The first-order chi connectivity index (χ1) is 9.20. The molecule has 0 saturated carbocycles. The Bertz CT molecular complexity index is 672. The van der Waals surface area contributed by atoms with Crippen LogP contribution in [0, 0.1) is 0 Å². The Balaban J connectivity index is 1.78. The summed E-state index contributed by atoms with van der Waals surface area (Å²) < 4.78 is 1.13. The molecule has 0 bridgehead atoms. The number of hydrogen-bond donors (Lipinski definition) is 0. The molecule has 0 spiro atoms. The lowest BCUT2D eigenvalue weighted by molar-refractivity contribution is 1.24. The van der Waals surface area contributed by atoms with Gasteiger partial charge in [0.15, 0.2) is 0 Å². The van der Waals surface area contributed by atoms with Crippen LogP contribution in [0.5, 0.6) is 0 Å². The van der Waals surface area contributed by atoms with Gasteiger partial charge in [-0.2, -0.15) is 0 Å². The maximum atomic E-state index is 5.76. The van der Waals surface area contributed by atoms with Gasteiger partial charge in [-0.3, -0.25) is 0 Å². The number of pyridine rings is 1. The Morgan fingerprint density at radius 2 is 2.05 bits per heavy atom. The molecule has 0 atom stereocenters. The van der Waals surface area contributed by atoms with Gasteiger partial charge in [-0.1, -0.05) is 57.9 Å². The van der Waals surface area contributed by atoms with Crippen molar-refractivity contribution in [3.8, 4) is 0 Å². The zero-order chi connectivity index (χ0) is 13.2. The summed E-state index contributed by atoms with van der Waals surface area (Å²) in [6.07, 6.45) is 9.18. The second kappa shape index (κ2) is 5.32. The molecule has 0 amide bonds. The Morgan fingerprint density at radius 3 is 2.84 bits per heavy atom. The summed E-state index contributed by atoms with van der Waals surface area (Å²) in [5, 5.41) is 0.523. The van der Waals surface area contributed by atoms with Gasteiger partial charge < -0.3 is 0 Å². The first-order valence-electron chi connectivity index (χ1n) is 5.99. The highest BCUT2D eigenvalue weighted by Gasteiger charge is 2.10. The van der Waals surface area contributed by atoms with Crippen LogP contribution in [0.1, 0.15) is 16.7 Å². The molecule has 1 aliphatic carbocycles. The van der Waals surface area contributed by atoms with Gasteiger partial charge >= 0.3 is 0 Å². The van der Waals surface area contributed by atoms with E-state index in [-0.39, 0.29) is 0 Å². The molecule has 0 fully saturated rings. The predicted octanol–water partition coefficient (Wildman–Crippen LogP) is 5.15. The van der Waals surface area contributed by atoms with Crippen molar-refractivity contribution in [2.75, 3.05) is 0 Å². The van der Waals surface area contributed by atoms with Crippen molar-refractivity contribution >= 4 is 39.7 Å². The van der Waals surface area contributed by atoms with Crippen LogP contribution < -0.4 is 0 Å². The van der Waals surface area contributed by atoms with Crippen molar-refractivity contribution in [3.05, 3.63) is 74.5 Å². The highest BCUT2D eigenvalue weighted by Crippen LogP contribution is 2.28. The van der Waals surface area contributed by atoms with Gasteiger partial charge in [-0.25, -0.2) is 4.98 Å². The van der Waals surface area contributed by atoms with Crippen LogP contribution in [-0.4, -0.2) is 4.98 Å². The van der Waals surface area contributed by atoms with E-state index in [4.69, 9.17) is 11.6 Å². The van der Waals surface area contributed by atoms with Crippen LogP contribution >= 0.6 is 27.5 Å².